The highest BCUT2D eigenvalue weighted by molar-refractivity contribution is 5.88. The van der Waals surface area contributed by atoms with E-state index in [0.717, 1.165) is 30.5 Å². The summed E-state index contributed by atoms with van der Waals surface area (Å²) in [4.78, 5) is 11.7. The Labute approximate surface area is 129 Å². The summed E-state index contributed by atoms with van der Waals surface area (Å²) in [7, 11) is 0. The normalized spacial score (nSPS) is 15.1. The molecular formula is C15H19ClN4O. The molecule has 1 aromatic carbocycles. The third-order valence-electron chi connectivity index (χ3n) is 3.60. The summed E-state index contributed by atoms with van der Waals surface area (Å²) in [5, 5.41) is 7.21. The second kappa shape index (κ2) is 6.28. The SMILES string of the molecule is Cl.NC1(C(=O)NCCc2cnn(-c3ccccc3)c2)CC1. The lowest BCUT2D eigenvalue weighted by Crippen LogP contribution is -2.43. The molecule has 0 saturated heterocycles. The summed E-state index contributed by atoms with van der Waals surface area (Å²) in [5.41, 5.74) is 7.35. The van der Waals surface area contributed by atoms with E-state index in [0.29, 0.717) is 6.54 Å². The van der Waals surface area contributed by atoms with E-state index in [4.69, 9.17) is 5.73 Å². The Balaban J connectivity index is 0.00000161. The summed E-state index contributed by atoms with van der Waals surface area (Å²) >= 11 is 0. The number of nitrogens with one attached hydrogen (secondary N) is 1. The van der Waals surface area contributed by atoms with Crippen LogP contribution in [0.4, 0.5) is 0 Å². The van der Waals surface area contributed by atoms with E-state index in [1.54, 1.807) is 0 Å². The van der Waals surface area contributed by atoms with Gasteiger partial charge in [0.1, 0.15) is 0 Å². The van der Waals surface area contributed by atoms with Crippen molar-refractivity contribution in [2.75, 3.05) is 6.54 Å². The molecule has 1 saturated carbocycles. The van der Waals surface area contributed by atoms with Crippen molar-refractivity contribution in [2.45, 2.75) is 24.8 Å². The highest BCUT2D eigenvalue weighted by Crippen LogP contribution is 2.31. The van der Waals surface area contributed by atoms with Crippen molar-refractivity contribution in [3.05, 3.63) is 48.3 Å². The average molecular weight is 307 g/mol. The Morgan fingerprint density at radius 1 is 1.33 bits per heavy atom. The number of nitrogens with zero attached hydrogens (tertiary/aromatic N) is 2. The molecule has 112 valence electrons. The molecule has 6 heteroatoms. The minimum absolute atomic E-state index is 0. The van der Waals surface area contributed by atoms with Gasteiger partial charge in [-0.3, -0.25) is 4.79 Å². The van der Waals surface area contributed by atoms with Gasteiger partial charge in [-0.2, -0.15) is 5.10 Å². The molecule has 2 aromatic rings. The van der Waals surface area contributed by atoms with Gasteiger partial charge < -0.3 is 11.1 Å². The second-order valence-electron chi connectivity index (χ2n) is 5.29. The summed E-state index contributed by atoms with van der Waals surface area (Å²) in [6.07, 6.45) is 6.16. The van der Waals surface area contributed by atoms with E-state index >= 15 is 0 Å². The molecule has 5 nitrogen and oxygen atoms in total. The summed E-state index contributed by atoms with van der Waals surface area (Å²) in [6, 6.07) is 9.94. The van der Waals surface area contributed by atoms with E-state index in [-0.39, 0.29) is 18.3 Å². The zero-order chi connectivity index (χ0) is 14.0. The smallest absolute Gasteiger partial charge is 0.240 e. The van der Waals surface area contributed by atoms with Crippen LogP contribution in [0.15, 0.2) is 42.7 Å². The molecule has 1 heterocycles. The highest BCUT2D eigenvalue weighted by Gasteiger charge is 2.45. The molecule has 3 N–H and O–H groups in total. The number of amides is 1. The predicted octanol–water partition coefficient (Wildman–Crippen LogP) is 1.44. The van der Waals surface area contributed by atoms with Crippen LogP contribution >= 0.6 is 12.4 Å². The Hall–Kier alpha value is -1.85. The maximum Gasteiger partial charge on any atom is 0.240 e. The summed E-state index contributed by atoms with van der Waals surface area (Å²) in [5.74, 6) is -0.0343. The quantitative estimate of drug-likeness (QED) is 0.878. The van der Waals surface area contributed by atoms with Gasteiger partial charge in [0, 0.05) is 12.7 Å². The molecule has 21 heavy (non-hydrogen) atoms. The van der Waals surface area contributed by atoms with Crippen molar-refractivity contribution in [3.63, 3.8) is 0 Å². The van der Waals surface area contributed by atoms with Gasteiger partial charge in [-0.05, 0) is 37.0 Å². The van der Waals surface area contributed by atoms with Crippen molar-refractivity contribution in [1.29, 1.82) is 0 Å². The zero-order valence-electron chi connectivity index (χ0n) is 11.7. The van der Waals surface area contributed by atoms with Gasteiger partial charge >= 0.3 is 0 Å². The van der Waals surface area contributed by atoms with Crippen molar-refractivity contribution in [1.82, 2.24) is 15.1 Å². The fourth-order valence-corrected chi connectivity index (χ4v) is 2.07. The van der Waals surface area contributed by atoms with Gasteiger partial charge in [0.25, 0.3) is 0 Å². The molecule has 0 unspecified atom stereocenters. The first-order chi connectivity index (χ1) is 9.67. The molecule has 0 spiro atoms. The molecule has 0 radical (unpaired) electrons. The number of halogens is 1. The number of carbonyl (C=O) groups is 1. The lowest BCUT2D eigenvalue weighted by Gasteiger charge is -2.08. The Morgan fingerprint density at radius 2 is 2.05 bits per heavy atom. The molecule has 0 atom stereocenters. The number of carbonyl (C=O) groups excluding carboxylic acids is 1. The predicted molar refractivity (Wildman–Crippen MR) is 83.7 cm³/mol. The van der Waals surface area contributed by atoms with Crippen LogP contribution in [0.2, 0.25) is 0 Å². The molecule has 1 fully saturated rings. The van der Waals surface area contributed by atoms with Gasteiger partial charge in [0.05, 0.1) is 17.4 Å². The summed E-state index contributed by atoms with van der Waals surface area (Å²) < 4.78 is 1.84. The van der Waals surface area contributed by atoms with Crippen LogP contribution in [-0.4, -0.2) is 27.8 Å². The molecular weight excluding hydrogens is 288 g/mol. The molecule has 3 rings (SSSR count). The number of hydrogen-bond acceptors (Lipinski definition) is 3. The monoisotopic (exact) mass is 306 g/mol. The molecule has 1 amide bonds. The third kappa shape index (κ3) is 3.62. The molecule has 1 aliphatic carbocycles. The van der Waals surface area contributed by atoms with Crippen molar-refractivity contribution < 1.29 is 4.79 Å². The highest BCUT2D eigenvalue weighted by atomic mass is 35.5. The van der Waals surface area contributed by atoms with E-state index < -0.39 is 5.54 Å². The lowest BCUT2D eigenvalue weighted by molar-refractivity contribution is -0.123. The van der Waals surface area contributed by atoms with E-state index in [1.165, 1.54) is 0 Å². The van der Waals surface area contributed by atoms with E-state index in [1.807, 2.05) is 47.4 Å². The van der Waals surface area contributed by atoms with Crippen LogP contribution in [-0.2, 0) is 11.2 Å². The number of rotatable bonds is 5. The van der Waals surface area contributed by atoms with E-state index in [2.05, 4.69) is 10.4 Å². The number of aromatic nitrogens is 2. The summed E-state index contributed by atoms with van der Waals surface area (Å²) in [6.45, 7) is 0.596. The number of hydrogen-bond donors (Lipinski definition) is 2. The lowest BCUT2D eigenvalue weighted by atomic mass is 10.2. The van der Waals surface area contributed by atoms with Crippen LogP contribution in [0.5, 0.6) is 0 Å². The van der Waals surface area contributed by atoms with Gasteiger partial charge in [-0.25, -0.2) is 4.68 Å². The van der Waals surface area contributed by atoms with Crippen LogP contribution in [0.1, 0.15) is 18.4 Å². The number of benzene rings is 1. The molecule has 0 aliphatic heterocycles. The van der Waals surface area contributed by atoms with Crippen molar-refractivity contribution >= 4 is 18.3 Å². The fourth-order valence-electron chi connectivity index (χ4n) is 2.07. The first-order valence-corrected chi connectivity index (χ1v) is 6.84. The van der Waals surface area contributed by atoms with E-state index in [9.17, 15) is 4.79 Å². The van der Waals surface area contributed by atoms with Crippen LogP contribution < -0.4 is 11.1 Å². The van der Waals surface area contributed by atoms with Crippen LogP contribution in [0, 0.1) is 0 Å². The fraction of sp³-hybridized carbons (Fsp3) is 0.333. The Bertz CT molecular complexity index is 607. The van der Waals surface area contributed by atoms with Gasteiger partial charge in [0.2, 0.25) is 5.91 Å². The van der Waals surface area contributed by atoms with Crippen molar-refractivity contribution in [2.24, 2.45) is 5.73 Å². The average Bonchev–Trinajstić information content (AvgIpc) is 3.05. The van der Waals surface area contributed by atoms with Gasteiger partial charge in [-0.15, -0.1) is 12.4 Å². The van der Waals surface area contributed by atoms with Crippen molar-refractivity contribution in [3.8, 4) is 5.69 Å². The largest absolute Gasteiger partial charge is 0.354 e. The van der Waals surface area contributed by atoms with Gasteiger partial charge in [0.15, 0.2) is 0 Å². The molecule has 1 aliphatic rings. The number of nitrogens with two attached hydrogens (primary N) is 1. The maximum atomic E-state index is 11.7. The third-order valence-corrected chi connectivity index (χ3v) is 3.60. The number of para-hydroxylation sites is 1. The first-order valence-electron chi connectivity index (χ1n) is 6.84. The minimum Gasteiger partial charge on any atom is -0.354 e. The zero-order valence-corrected chi connectivity index (χ0v) is 12.5. The molecule has 1 aromatic heterocycles. The maximum absolute atomic E-state index is 11.7. The Kier molecular flexibility index (Phi) is 4.65. The standard InChI is InChI=1S/C15H18N4O.ClH/c16-15(7-8-15)14(20)17-9-6-12-10-18-19(11-12)13-4-2-1-3-5-13;/h1-5,10-11H,6-9,16H2,(H,17,20);1H. The minimum atomic E-state index is -0.589. The molecule has 0 bridgehead atoms. The Morgan fingerprint density at radius 3 is 2.71 bits per heavy atom. The second-order valence-corrected chi connectivity index (χ2v) is 5.29. The van der Waals surface area contributed by atoms with Crippen LogP contribution in [0.25, 0.3) is 5.69 Å². The van der Waals surface area contributed by atoms with Crippen LogP contribution in [0.3, 0.4) is 0 Å². The first kappa shape index (κ1) is 15.5. The topological polar surface area (TPSA) is 72.9 Å². The van der Waals surface area contributed by atoms with Gasteiger partial charge in [-0.1, -0.05) is 18.2 Å².